The van der Waals surface area contributed by atoms with Gasteiger partial charge in [-0.05, 0) is 37.5 Å². The quantitative estimate of drug-likeness (QED) is 0.0222. The molecule has 98 heavy (non-hydrogen) atoms. The zero-order chi connectivity index (χ0) is 72.1. The van der Waals surface area contributed by atoms with Crippen LogP contribution in [0.2, 0.25) is 0 Å². The van der Waals surface area contributed by atoms with Crippen LogP contribution in [-0.2, 0) is 65.4 Å². The molecule has 19 heteroatoms. The summed E-state index contributed by atoms with van der Waals surface area (Å²) in [4.78, 5) is 72.9. The third kappa shape index (κ3) is 72.4. The van der Waals surface area contributed by atoms with Crippen LogP contribution in [0.3, 0.4) is 0 Å². The summed E-state index contributed by atoms with van der Waals surface area (Å²) >= 11 is 0. The van der Waals surface area contributed by atoms with Gasteiger partial charge in [-0.3, -0.25) is 37.3 Å². The highest BCUT2D eigenvalue weighted by Gasteiger charge is 2.30. The Morgan fingerprint density at radius 3 is 0.694 bits per heavy atom. The van der Waals surface area contributed by atoms with E-state index in [1.165, 1.54) is 225 Å². The van der Waals surface area contributed by atoms with Crippen molar-refractivity contribution in [3.05, 3.63) is 0 Å². The lowest BCUT2D eigenvalue weighted by molar-refractivity contribution is -0.161. The van der Waals surface area contributed by atoms with E-state index in [0.29, 0.717) is 31.6 Å². The van der Waals surface area contributed by atoms with Crippen molar-refractivity contribution >= 4 is 39.5 Å². The Kier molecular flexibility index (Phi) is 69.3. The van der Waals surface area contributed by atoms with Crippen LogP contribution in [0, 0.1) is 11.8 Å². The number of ether oxygens (including phenoxy) is 4. The monoisotopic (exact) mass is 1440 g/mol. The van der Waals surface area contributed by atoms with E-state index in [9.17, 15) is 43.2 Å². The molecular formula is C79H154O17P2. The van der Waals surface area contributed by atoms with Crippen molar-refractivity contribution in [1.82, 2.24) is 0 Å². The van der Waals surface area contributed by atoms with E-state index in [1.807, 2.05) is 0 Å². The molecule has 0 rings (SSSR count). The van der Waals surface area contributed by atoms with Crippen molar-refractivity contribution in [3.8, 4) is 0 Å². The molecule has 0 aromatic carbocycles. The van der Waals surface area contributed by atoms with Crippen molar-refractivity contribution < 1.29 is 80.2 Å². The Morgan fingerprint density at radius 2 is 0.469 bits per heavy atom. The predicted octanol–water partition coefficient (Wildman–Crippen LogP) is 23.5. The first-order valence-electron chi connectivity index (χ1n) is 41.0. The molecule has 17 nitrogen and oxygen atoms in total. The van der Waals surface area contributed by atoms with Crippen LogP contribution >= 0.6 is 15.6 Å². The summed E-state index contributed by atoms with van der Waals surface area (Å²) in [5.74, 6) is -0.614. The number of rotatable bonds is 78. The number of carbonyl (C=O) groups excluding carboxylic acids is 4. The lowest BCUT2D eigenvalue weighted by atomic mass is 10.0. The van der Waals surface area contributed by atoms with Crippen LogP contribution in [-0.4, -0.2) is 96.7 Å². The lowest BCUT2D eigenvalue weighted by Gasteiger charge is -2.21. The standard InChI is InChI=1S/C79H154O17P2/c1-7-9-11-13-15-17-19-21-23-24-25-26-30-35-39-45-52-58-64-78(83)95-74(67-89-76(81)61-55-49-43-37-33-31-27-28-32-36-41-47-53-59-71(3)4)69-93-97(85,86)91-65-73(80)66-92-98(87,88)94-70-75(68-90-77(82)62-56-50-46-40-42-48-54-60-72(5)6)96-79(84)63-57-51-44-38-34-29-22-20-18-16-14-12-10-8-2/h71-75,80H,7-70H2,1-6H3,(H,85,86)(H,87,88)/t73-,74-,75-/m1/s1. The molecule has 582 valence electrons. The topological polar surface area (TPSA) is 237 Å². The molecule has 0 radical (unpaired) electrons. The predicted molar refractivity (Wildman–Crippen MR) is 400 cm³/mol. The van der Waals surface area contributed by atoms with Crippen molar-refractivity contribution in [2.45, 2.75) is 432 Å². The van der Waals surface area contributed by atoms with Crippen molar-refractivity contribution in [3.63, 3.8) is 0 Å². The zero-order valence-electron chi connectivity index (χ0n) is 64.1. The summed E-state index contributed by atoms with van der Waals surface area (Å²) in [7, 11) is -9.92. The van der Waals surface area contributed by atoms with Gasteiger partial charge in [-0.15, -0.1) is 0 Å². The first-order chi connectivity index (χ1) is 47.4. The van der Waals surface area contributed by atoms with Gasteiger partial charge in [0.2, 0.25) is 0 Å². The number of hydrogen-bond donors (Lipinski definition) is 3. The largest absolute Gasteiger partial charge is 0.472 e. The molecule has 0 saturated carbocycles. The smallest absolute Gasteiger partial charge is 0.462 e. The van der Waals surface area contributed by atoms with Gasteiger partial charge in [0.1, 0.15) is 19.3 Å². The minimum atomic E-state index is -4.96. The number of aliphatic hydroxyl groups excluding tert-OH is 1. The fraction of sp³-hybridized carbons (Fsp3) is 0.949. The maximum absolute atomic E-state index is 13.1. The molecule has 0 fully saturated rings. The molecule has 0 aliphatic heterocycles. The summed E-state index contributed by atoms with van der Waals surface area (Å²) in [6, 6.07) is 0. The normalized spacial score (nSPS) is 13.9. The summed E-state index contributed by atoms with van der Waals surface area (Å²) in [6.45, 7) is 9.59. The average Bonchev–Trinajstić information content (AvgIpc) is 0.965. The highest BCUT2D eigenvalue weighted by Crippen LogP contribution is 2.45. The van der Waals surface area contributed by atoms with Crippen molar-refractivity contribution in [1.29, 1.82) is 0 Å². The molecular weight excluding hydrogens is 1280 g/mol. The SMILES string of the molecule is CCCCCCCCCCCCCCCCCCCCC(=O)O[C@H](COC(=O)CCCCCCCCCCCCCCCC(C)C)COP(=O)(O)OC[C@@H](O)COP(=O)(O)OC[C@@H](COC(=O)CCCCCCCCCC(C)C)OC(=O)CCCCCCCCCCCCCCCC. The Labute approximate surface area is 600 Å². The highest BCUT2D eigenvalue weighted by molar-refractivity contribution is 7.47. The Balaban J connectivity index is 5.24. The van der Waals surface area contributed by atoms with E-state index < -0.39 is 97.5 Å². The molecule has 0 aliphatic carbocycles. The number of hydrogen-bond acceptors (Lipinski definition) is 15. The van der Waals surface area contributed by atoms with E-state index in [1.54, 1.807) is 0 Å². The lowest BCUT2D eigenvalue weighted by Crippen LogP contribution is -2.30. The van der Waals surface area contributed by atoms with Gasteiger partial charge in [0.05, 0.1) is 26.4 Å². The molecule has 0 aromatic rings. The minimum Gasteiger partial charge on any atom is -0.462 e. The van der Waals surface area contributed by atoms with E-state index in [-0.39, 0.29) is 25.7 Å². The Morgan fingerprint density at radius 1 is 0.276 bits per heavy atom. The van der Waals surface area contributed by atoms with E-state index in [0.717, 1.165) is 102 Å². The van der Waals surface area contributed by atoms with Gasteiger partial charge in [-0.25, -0.2) is 9.13 Å². The van der Waals surface area contributed by atoms with Crippen LogP contribution in [0.4, 0.5) is 0 Å². The maximum Gasteiger partial charge on any atom is 0.472 e. The van der Waals surface area contributed by atoms with Crippen molar-refractivity contribution in [2.24, 2.45) is 11.8 Å². The van der Waals surface area contributed by atoms with Crippen LogP contribution in [0.1, 0.15) is 414 Å². The van der Waals surface area contributed by atoms with Gasteiger partial charge in [0, 0.05) is 25.7 Å². The third-order valence-corrected chi connectivity index (χ3v) is 20.4. The number of unbranched alkanes of at least 4 members (excludes halogenated alkanes) is 48. The molecule has 0 spiro atoms. The highest BCUT2D eigenvalue weighted by atomic mass is 31.2. The van der Waals surface area contributed by atoms with Crippen LogP contribution in [0.5, 0.6) is 0 Å². The van der Waals surface area contributed by atoms with E-state index >= 15 is 0 Å². The van der Waals surface area contributed by atoms with Crippen LogP contribution in [0.15, 0.2) is 0 Å². The van der Waals surface area contributed by atoms with E-state index in [4.69, 9.17) is 37.0 Å². The molecule has 0 aromatic heterocycles. The Bertz CT molecular complexity index is 1890. The van der Waals surface area contributed by atoms with Gasteiger partial charge in [-0.1, -0.05) is 363 Å². The maximum atomic E-state index is 13.1. The summed E-state index contributed by atoms with van der Waals surface area (Å²) in [5, 5.41) is 10.6. The van der Waals surface area contributed by atoms with Gasteiger partial charge in [-0.2, -0.15) is 0 Å². The third-order valence-electron chi connectivity index (χ3n) is 18.5. The second-order valence-corrected chi connectivity index (χ2v) is 32.3. The molecule has 2 unspecified atom stereocenters. The molecule has 0 bridgehead atoms. The number of aliphatic hydroxyl groups is 1. The number of phosphoric acid groups is 2. The summed E-state index contributed by atoms with van der Waals surface area (Å²) in [5.41, 5.74) is 0. The number of phosphoric ester groups is 2. The second-order valence-electron chi connectivity index (χ2n) is 29.4. The number of carbonyl (C=O) groups is 4. The fourth-order valence-corrected chi connectivity index (χ4v) is 13.8. The van der Waals surface area contributed by atoms with E-state index in [2.05, 4.69) is 41.5 Å². The molecule has 0 heterocycles. The second kappa shape index (κ2) is 70.7. The van der Waals surface area contributed by atoms with Gasteiger partial charge in [0.15, 0.2) is 12.2 Å². The van der Waals surface area contributed by atoms with Crippen molar-refractivity contribution in [2.75, 3.05) is 39.6 Å². The summed E-state index contributed by atoms with van der Waals surface area (Å²) < 4.78 is 68.6. The molecule has 0 saturated heterocycles. The first-order valence-corrected chi connectivity index (χ1v) is 44.0. The number of esters is 4. The summed E-state index contributed by atoms with van der Waals surface area (Å²) in [6.07, 6.45) is 59.7. The zero-order valence-corrected chi connectivity index (χ0v) is 65.9. The minimum absolute atomic E-state index is 0.107. The first kappa shape index (κ1) is 96.1. The molecule has 5 atom stereocenters. The van der Waals surface area contributed by atoms with Gasteiger partial charge in [0.25, 0.3) is 0 Å². The van der Waals surface area contributed by atoms with Gasteiger partial charge < -0.3 is 33.8 Å². The average molecular weight is 1440 g/mol. The van der Waals surface area contributed by atoms with Crippen LogP contribution < -0.4 is 0 Å². The van der Waals surface area contributed by atoms with Crippen LogP contribution in [0.25, 0.3) is 0 Å². The fourth-order valence-electron chi connectivity index (χ4n) is 12.2. The molecule has 3 N–H and O–H groups in total. The molecule has 0 amide bonds. The van der Waals surface area contributed by atoms with Gasteiger partial charge >= 0.3 is 39.5 Å². The Hall–Kier alpha value is -1.94. The molecule has 0 aliphatic rings.